The number of benzene rings is 1. The van der Waals surface area contributed by atoms with Crippen LogP contribution in [0, 0.1) is 5.82 Å². The summed E-state index contributed by atoms with van der Waals surface area (Å²) >= 11 is 11.4. The zero-order valence-corrected chi connectivity index (χ0v) is 10.9. The van der Waals surface area contributed by atoms with Gasteiger partial charge in [0.2, 0.25) is 0 Å². The van der Waals surface area contributed by atoms with Gasteiger partial charge in [0, 0.05) is 6.07 Å². The quantitative estimate of drug-likeness (QED) is 0.645. The molecule has 0 unspecified atom stereocenters. The van der Waals surface area contributed by atoms with Crippen molar-refractivity contribution < 1.29 is 13.9 Å². The average Bonchev–Trinajstić information content (AvgIpc) is 2.67. The molecule has 0 radical (unpaired) electrons. The summed E-state index contributed by atoms with van der Waals surface area (Å²) in [4.78, 5) is 15.5. The van der Waals surface area contributed by atoms with Crippen molar-refractivity contribution in [2.24, 2.45) is 0 Å². The largest absolute Gasteiger partial charge is 0.468 e. The minimum Gasteiger partial charge on any atom is -0.468 e. The van der Waals surface area contributed by atoms with Gasteiger partial charge < -0.3 is 9.30 Å². The average molecular weight is 291 g/mol. The topological polar surface area (TPSA) is 44.1 Å². The van der Waals surface area contributed by atoms with Crippen LogP contribution in [0.25, 0.3) is 11.0 Å². The fourth-order valence-electron chi connectivity index (χ4n) is 1.64. The van der Waals surface area contributed by atoms with Gasteiger partial charge in [0.15, 0.2) is 0 Å². The van der Waals surface area contributed by atoms with E-state index in [1.807, 2.05) is 0 Å². The van der Waals surface area contributed by atoms with Gasteiger partial charge in [-0.05, 0) is 6.07 Å². The first-order chi connectivity index (χ1) is 8.56. The Bertz CT molecular complexity index is 613. The number of carbonyl (C=O) groups is 1. The van der Waals surface area contributed by atoms with Crippen LogP contribution in [0.2, 0.25) is 5.02 Å². The number of carbonyl (C=O) groups excluding carboxylic acids is 1. The third-order valence-electron chi connectivity index (χ3n) is 2.50. The first-order valence-electron chi connectivity index (χ1n) is 5.03. The Hall–Kier alpha value is -1.33. The van der Waals surface area contributed by atoms with Crippen molar-refractivity contribution in [1.82, 2.24) is 9.55 Å². The number of fused-ring (bicyclic) bond motifs is 1. The van der Waals surface area contributed by atoms with Gasteiger partial charge in [-0.3, -0.25) is 4.79 Å². The highest BCUT2D eigenvalue weighted by atomic mass is 35.5. The van der Waals surface area contributed by atoms with Gasteiger partial charge in [-0.2, -0.15) is 0 Å². The van der Waals surface area contributed by atoms with E-state index in [0.29, 0.717) is 16.9 Å². The molecule has 1 heterocycles. The van der Waals surface area contributed by atoms with Gasteiger partial charge >= 0.3 is 5.97 Å². The molecule has 2 rings (SSSR count). The van der Waals surface area contributed by atoms with Crippen molar-refractivity contribution in [3.8, 4) is 0 Å². The summed E-state index contributed by atoms with van der Waals surface area (Å²) in [6.07, 6.45) is 0. The van der Waals surface area contributed by atoms with Crippen molar-refractivity contribution in [3.05, 3.63) is 28.8 Å². The highest BCUT2D eigenvalue weighted by molar-refractivity contribution is 6.31. The third-order valence-corrected chi connectivity index (χ3v) is 3.03. The van der Waals surface area contributed by atoms with Crippen molar-refractivity contribution in [2.45, 2.75) is 12.4 Å². The van der Waals surface area contributed by atoms with E-state index in [0.717, 1.165) is 0 Å². The molecule has 18 heavy (non-hydrogen) atoms. The maximum absolute atomic E-state index is 13.4. The molecule has 0 atom stereocenters. The lowest BCUT2D eigenvalue weighted by molar-refractivity contribution is -0.141. The van der Waals surface area contributed by atoms with E-state index >= 15 is 0 Å². The fraction of sp³-hybridized carbons (Fsp3) is 0.273. The van der Waals surface area contributed by atoms with Gasteiger partial charge in [0.1, 0.15) is 18.2 Å². The minimum atomic E-state index is -0.573. The van der Waals surface area contributed by atoms with Crippen molar-refractivity contribution in [3.63, 3.8) is 0 Å². The van der Waals surface area contributed by atoms with E-state index < -0.39 is 11.8 Å². The number of methoxy groups -OCH3 is 1. The number of rotatable bonds is 3. The number of halogens is 3. The summed E-state index contributed by atoms with van der Waals surface area (Å²) in [6, 6.07) is 2.62. The second-order valence-electron chi connectivity index (χ2n) is 3.58. The van der Waals surface area contributed by atoms with Gasteiger partial charge in [-0.25, -0.2) is 9.37 Å². The highest BCUT2D eigenvalue weighted by Crippen LogP contribution is 2.24. The van der Waals surface area contributed by atoms with Crippen LogP contribution in [0.5, 0.6) is 0 Å². The standard InChI is InChI=1S/C11H9Cl2FN2O2/c1-18-11(17)5-16-9-3-7(14)6(13)2-8(9)15-10(16)4-12/h2-3H,4-5H2,1H3. The Morgan fingerprint density at radius 1 is 1.56 bits per heavy atom. The third kappa shape index (κ3) is 2.28. The molecule has 0 aliphatic rings. The number of aromatic nitrogens is 2. The zero-order valence-electron chi connectivity index (χ0n) is 9.41. The number of hydrogen-bond acceptors (Lipinski definition) is 3. The molecular formula is C11H9Cl2FN2O2. The molecule has 0 fully saturated rings. The lowest BCUT2D eigenvalue weighted by Crippen LogP contribution is -2.13. The normalized spacial score (nSPS) is 10.9. The number of nitrogens with zero attached hydrogens (tertiary/aromatic N) is 2. The molecule has 7 heteroatoms. The molecule has 0 spiro atoms. The van der Waals surface area contributed by atoms with E-state index in [9.17, 15) is 9.18 Å². The van der Waals surface area contributed by atoms with E-state index in [1.165, 1.54) is 23.8 Å². The molecule has 4 nitrogen and oxygen atoms in total. The van der Waals surface area contributed by atoms with Crippen LogP contribution in [0.15, 0.2) is 12.1 Å². The summed E-state index contributed by atoms with van der Waals surface area (Å²) in [5.74, 6) is -0.476. The number of hydrogen-bond donors (Lipinski definition) is 0. The monoisotopic (exact) mass is 290 g/mol. The van der Waals surface area contributed by atoms with Crippen LogP contribution < -0.4 is 0 Å². The Morgan fingerprint density at radius 3 is 2.89 bits per heavy atom. The molecule has 0 saturated carbocycles. The molecule has 1 aromatic heterocycles. The van der Waals surface area contributed by atoms with E-state index in [4.69, 9.17) is 23.2 Å². The first kappa shape index (κ1) is 13.1. The van der Waals surface area contributed by atoms with Gasteiger partial charge in [0.05, 0.1) is 29.0 Å². The van der Waals surface area contributed by atoms with Crippen LogP contribution in [0.4, 0.5) is 4.39 Å². The Balaban J connectivity index is 2.61. The summed E-state index contributed by atoms with van der Waals surface area (Å²) in [6.45, 7) is -0.0733. The number of imidazole rings is 1. The van der Waals surface area contributed by atoms with E-state index in [1.54, 1.807) is 0 Å². The molecule has 0 N–H and O–H groups in total. The van der Waals surface area contributed by atoms with E-state index in [2.05, 4.69) is 9.72 Å². The van der Waals surface area contributed by atoms with Crippen molar-refractivity contribution in [1.29, 1.82) is 0 Å². The maximum Gasteiger partial charge on any atom is 0.325 e. The van der Waals surface area contributed by atoms with Crippen LogP contribution in [-0.4, -0.2) is 22.6 Å². The molecule has 1 aromatic carbocycles. The van der Waals surface area contributed by atoms with Crippen molar-refractivity contribution >= 4 is 40.2 Å². The SMILES string of the molecule is COC(=O)Cn1c(CCl)nc2cc(Cl)c(F)cc21. The lowest BCUT2D eigenvalue weighted by atomic mass is 10.3. The van der Waals surface area contributed by atoms with Crippen LogP contribution in [0.3, 0.4) is 0 Å². The molecule has 0 aliphatic carbocycles. The molecule has 0 amide bonds. The smallest absolute Gasteiger partial charge is 0.325 e. The Labute approximate surface area is 112 Å². The first-order valence-corrected chi connectivity index (χ1v) is 5.95. The number of esters is 1. The van der Waals surface area contributed by atoms with Crippen LogP contribution in [-0.2, 0) is 22.0 Å². The predicted octanol–water partition coefficient (Wildman–Crippen LogP) is 2.74. The number of alkyl halides is 1. The summed E-state index contributed by atoms with van der Waals surface area (Å²) in [7, 11) is 1.28. The molecule has 0 bridgehead atoms. The Morgan fingerprint density at radius 2 is 2.28 bits per heavy atom. The number of ether oxygens (including phenoxy) is 1. The maximum atomic E-state index is 13.4. The zero-order chi connectivity index (χ0) is 13.3. The summed E-state index contributed by atoms with van der Waals surface area (Å²) < 4.78 is 19.5. The lowest BCUT2D eigenvalue weighted by Gasteiger charge is -2.06. The Kier molecular flexibility index (Phi) is 3.73. The van der Waals surface area contributed by atoms with Gasteiger partial charge in [0.25, 0.3) is 0 Å². The van der Waals surface area contributed by atoms with Crippen LogP contribution in [0.1, 0.15) is 5.82 Å². The second-order valence-corrected chi connectivity index (χ2v) is 4.25. The van der Waals surface area contributed by atoms with Crippen LogP contribution >= 0.6 is 23.2 Å². The summed E-state index contributed by atoms with van der Waals surface area (Å²) in [5, 5.41) is -0.0219. The fourth-order valence-corrected chi connectivity index (χ4v) is 2.00. The molecule has 96 valence electrons. The molecule has 0 saturated heterocycles. The summed E-state index contributed by atoms with van der Waals surface area (Å²) in [5.41, 5.74) is 0.943. The van der Waals surface area contributed by atoms with Gasteiger partial charge in [-0.1, -0.05) is 11.6 Å². The predicted molar refractivity (Wildman–Crippen MR) is 66.3 cm³/mol. The highest BCUT2D eigenvalue weighted by Gasteiger charge is 2.15. The molecule has 0 aliphatic heterocycles. The molecule has 2 aromatic rings. The van der Waals surface area contributed by atoms with Crippen molar-refractivity contribution in [2.75, 3.05) is 7.11 Å². The minimum absolute atomic E-state index is 0.0219. The van der Waals surface area contributed by atoms with Gasteiger partial charge in [-0.15, -0.1) is 11.6 Å². The molecular weight excluding hydrogens is 282 g/mol. The second kappa shape index (κ2) is 5.12. The van der Waals surface area contributed by atoms with E-state index in [-0.39, 0.29) is 17.4 Å².